The topological polar surface area (TPSA) is 61.2 Å². The molecular weight excluding hydrogens is 316 g/mol. The Bertz CT molecular complexity index is 814. The molecule has 0 aliphatic carbocycles. The predicted molar refractivity (Wildman–Crippen MR) is 86.7 cm³/mol. The Balaban J connectivity index is 2.04. The summed E-state index contributed by atoms with van der Waals surface area (Å²) in [6.07, 6.45) is 0. The van der Waals surface area contributed by atoms with Gasteiger partial charge in [-0.3, -0.25) is 0 Å². The van der Waals surface area contributed by atoms with Crippen molar-refractivity contribution in [2.45, 2.75) is 10.3 Å². The molecule has 6 heteroatoms. The van der Waals surface area contributed by atoms with Crippen LogP contribution < -0.4 is 0 Å². The van der Waals surface area contributed by atoms with E-state index < -0.39 is 10.0 Å². The first kappa shape index (κ1) is 15.1. The Labute approximate surface area is 134 Å². The third-order valence-corrected chi connectivity index (χ3v) is 6.84. The summed E-state index contributed by atoms with van der Waals surface area (Å²) in [4.78, 5) is 0.0842. The molecule has 22 heavy (non-hydrogen) atoms. The second-order valence-corrected chi connectivity index (χ2v) is 7.90. The third-order valence-electron chi connectivity index (χ3n) is 3.53. The van der Waals surface area contributed by atoms with E-state index in [9.17, 15) is 8.42 Å². The van der Waals surface area contributed by atoms with E-state index in [0.717, 1.165) is 11.3 Å². The smallest absolute Gasteiger partial charge is 0.207 e. The third kappa shape index (κ3) is 2.63. The summed E-state index contributed by atoms with van der Waals surface area (Å²) in [5.74, 6) is 0.744. The van der Waals surface area contributed by atoms with E-state index in [1.807, 2.05) is 36.4 Å². The van der Waals surface area contributed by atoms with Crippen LogP contribution in [0.4, 0.5) is 0 Å². The van der Waals surface area contributed by atoms with Crippen LogP contribution in [0.1, 0.15) is 16.5 Å². The zero-order valence-corrected chi connectivity index (χ0v) is 13.3. The van der Waals surface area contributed by atoms with E-state index in [2.05, 4.69) is 0 Å². The first-order valence-electron chi connectivity index (χ1n) is 6.82. The summed E-state index contributed by atoms with van der Waals surface area (Å²) < 4.78 is 27.4. The quantitative estimate of drug-likeness (QED) is 0.868. The fraction of sp³-hybridized carbons (Fsp3) is 0.188. The molecule has 112 valence electrons. The van der Waals surface area contributed by atoms with Gasteiger partial charge in [-0.2, -0.15) is 9.57 Å². The Morgan fingerprint density at radius 2 is 1.77 bits per heavy atom. The monoisotopic (exact) mass is 330 g/mol. The number of sulfonamides is 1. The van der Waals surface area contributed by atoms with Gasteiger partial charge in [0.25, 0.3) is 0 Å². The molecule has 1 aliphatic heterocycles. The van der Waals surface area contributed by atoms with Gasteiger partial charge in [-0.05, 0) is 17.7 Å². The average molecular weight is 330 g/mol. The average Bonchev–Trinajstić information content (AvgIpc) is 3.06. The molecule has 1 fully saturated rings. The molecule has 0 amide bonds. The molecule has 1 aliphatic rings. The van der Waals surface area contributed by atoms with Crippen LogP contribution >= 0.6 is 11.8 Å². The van der Waals surface area contributed by atoms with Crippen molar-refractivity contribution in [1.29, 1.82) is 5.26 Å². The molecule has 3 rings (SSSR count). The van der Waals surface area contributed by atoms with Gasteiger partial charge < -0.3 is 0 Å². The van der Waals surface area contributed by atoms with Crippen LogP contribution in [0.5, 0.6) is 0 Å². The van der Waals surface area contributed by atoms with Crippen molar-refractivity contribution < 1.29 is 8.42 Å². The van der Waals surface area contributed by atoms with Crippen molar-refractivity contribution in [1.82, 2.24) is 4.31 Å². The van der Waals surface area contributed by atoms with Crippen LogP contribution in [0.15, 0.2) is 59.5 Å². The van der Waals surface area contributed by atoms with E-state index in [1.165, 1.54) is 16.4 Å². The highest BCUT2D eigenvalue weighted by atomic mass is 32.2. The predicted octanol–water partition coefficient (Wildman–Crippen LogP) is 2.99. The van der Waals surface area contributed by atoms with Gasteiger partial charge in [-0.15, -0.1) is 11.8 Å². The lowest BCUT2D eigenvalue weighted by Crippen LogP contribution is -2.31. The number of nitrogens with zero attached hydrogens (tertiary/aromatic N) is 2. The molecule has 1 heterocycles. The van der Waals surface area contributed by atoms with Crippen molar-refractivity contribution >= 4 is 21.8 Å². The number of hydrogen-bond donors (Lipinski definition) is 0. The van der Waals surface area contributed by atoms with Crippen LogP contribution in [0, 0.1) is 11.3 Å². The highest BCUT2D eigenvalue weighted by Gasteiger charge is 2.37. The van der Waals surface area contributed by atoms with Crippen LogP contribution in [-0.2, 0) is 10.0 Å². The molecule has 0 spiro atoms. The number of thioether (sulfide) groups is 1. The molecule has 4 nitrogen and oxygen atoms in total. The van der Waals surface area contributed by atoms with Gasteiger partial charge >= 0.3 is 0 Å². The second-order valence-electron chi connectivity index (χ2n) is 4.86. The molecule has 0 saturated carbocycles. The SMILES string of the molecule is N#Cc1ccccc1S(=O)(=O)N1CCSC1c1ccccc1. The van der Waals surface area contributed by atoms with E-state index in [1.54, 1.807) is 23.9 Å². The molecular formula is C16H14N2O2S2. The van der Waals surface area contributed by atoms with Gasteiger partial charge in [0, 0.05) is 12.3 Å². The molecule has 0 radical (unpaired) electrons. The lowest BCUT2D eigenvalue weighted by Gasteiger charge is -2.24. The number of hydrogen-bond acceptors (Lipinski definition) is 4. The van der Waals surface area contributed by atoms with Crippen LogP contribution in [0.25, 0.3) is 0 Å². The number of benzene rings is 2. The minimum atomic E-state index is -3.69. The first-order valence-corrected chi connectivity index (χ1v) is 9.31. The Hall–Kier alpha value is -1.81. The summed E-state index contributed by atoms with van der Waals surface area (Å²) in [6, 6.07) is 17.9. The standard InChI is InChI=1S/C16H14N2O2S2/c17-12-14-8-4-5-9-15(14)22(19,20)18-10-11-21-16(18)13-6-2-1-3-7-13/h1-9,16H,10-11H2. The van der Waals surface area contributed by atoms with Crippen LogP contribution in [-0.4, -0.2) is 25.0 Å². The zero-order valence-electron chi connectivity index (χ0n) is 11.7. The Morgan fingerprint density at radius 1 is 1.09 bits per heavy atom. The van der Waals surface area contributed by atoms with Gasteiger partial charge in [0.15, 0.2) is 0 Å². The van der Waals surface area contributed by atoms with Gasteiger partial charge in [-0.25, -0.2) is 8.42 Å². The van der Waals surface area contributed by atoms with Crippen LogP contribution in [0.3, 0.4) is 0 Å². The lowest BCUT2D eigenvalue weighted by atomic mass is 10.2. The van der Waals surface area contributed by atoms with Crippen molar-refractivity contribution in [3.05, 3.63) is 65.7 Å². The molecule has 2 aromatic carbocycles. The second kappa shape index (κ2) is 6.13. The molecule has 0 bridgehead atoms. The van der Waals surface area contributed by atoms with E-state index in [4.69, 9.17) is 5.26 Å². The maximum absolute atomic E-state index is 13.0. The minimum Gasteiger partial charge on any atom is -0.207 e. The summed E-state index contributed by atoms with van der Waals surface area (Å²) >= 11 is 1.60. The van der Waals surface area contributed by atoms with Crippen molar-refractivity contribution in [3.8, 4) is 6.07 Å². The Morgan fingerprint density at radius 3 is 2.50 bits per heavy atom. The summed E-state index contributed by atoms with van der Waals surface area (Å²) in [5.41, 5.74) is 1.15. The van der Waals surface area contributed by atoms with Crippen molar-refractivity contribution in [2.24, 2.45) is 0 Å². The molecule has 1 atom stereocenters. The van der Waals surface area contributed by atoms with E-state index in [0.29, 0.717) is 6.54 Å². The fourth-order valence-corrected chi connectivity index (χ4v) is 5.88. The van der Waals surface area contributed by atoms with Gasteiger partial charge in [0.2, 0.25) is 10.0 Å². The maximum Gasteiger partial charge on any atom is 0.245 e. The summed E-state index contributed by atoms with van der Waals surface area (Å²) in [7, 11) is -3.69. The largest absolute Gasteiger partial charge is 0.245 e. The highest BCUT2D eigenvalue weighted by Crippen LogP contribution is 2.41. The molecule has 0 aromatic heterocycles. The molecule has 2 aromatic rings. The fourth-order valence-electron chi connectivity index (χ4n) is 2.49. The van der Waals surface area contributed by atoms with Gasteiger partial charge in [0.05, 0.1) is 15.8 Å². The van der Waals surface area contributed by atoms with Crippen molar-refractivity contribution in [3.63, 3.8) is 0 Å². The normalized spacial score (nSPS) is 19.0. The first-order chi connectivity index (χ1) is 10.6. The maximum atomic E-state index is 13.0. The molecule has 1 unspecified atom stereocenters. The number of rotatable bonds is 3. The lowest BCUT2D eigenvalue weighted by molar-refractivity contribution is 0.434. The summed E-state index contributed by atoms with van der Waals surface area (Å²) in [5, 5.41) is 8.93. The van der Waals surface area contributed by atoms with E-state index >= 15 is 0 Å². The Kier molecular flexibility index (Phi) is 4.21. The van der Waals surface area contributed by atoms with E-state index in [-0.39, 0.29) is 15.8 Å². The zero-order chi connectivity index (χ0) is 15.6. The molecule has 1 saturated heterocycles. The van der Waals surface area contributed by atoms with Gasteiger partial charge in [-0.1, -0.05) is 42.5 Å². The van der Waals surface area contributed by atoms with Crippen molar-refractivity contribution in [2.75, 3.05) is 12.3 Å². The van der Waals surface area contributed by atoms with Gasteiger partial charge in [0.1, 0.15) is 6.07 Å². The molecule has 0 N–H and O–H groups in total. The van der Waals surface area contributed by atoms with Crippen LogP contribution in [0.2, 0.25) is 0 Å². The minimum absolute atomic E-state index is 0.0842. The summed E-state index contributed by atoms with van der Waals surface area (Å²) in [6.45, 7) is 0.451. The highest BCUT2D eigenvalue weighted by molar-refractivity contribution is 8.01. The number of nitriles is 1.